The second-order valence-corrected chi connectivity index (χ2v) is 21.1. The van der Waals surface area contributed by atoms with Crippen molar-refractivity contribution in [2.45, 2.75) is 199 Å². The summed E-state index contributed by atoms with van der Waals surface area (Å²) in [5.41, 5.74) is 1.71. The predicted octanol–water partition coefficient (Wildman–Crippen LogP) is 4.52. The number of nitrogens with zero attached hydrogens (tertiary/aromatic N) is 2. The molecule has 3 aliphatic rings. The molecule has 18 atom stereocenters. The average molecular weight is 992 g/mol. The Labute approximate surface area is 412 Å². The maximum atomic E-state index is 14.5. The molecular weight excluding hydrogens is 911 g/mol. The number of aliphatic hydroxyl groups excluding tert-OH is 2. The Kier molecular flexibility index (Phi) is 18.7. The van der Waals surface area contributed by atoms with Crippen LogP contribution in [0.25, 0.3) is 11.0 Å². The van der Waals surface area contributed by atoms with E-state index in [-0.39, 0.29) is 48.7 Å². The first kappa shape index (κ1) is 57.1. The van der Waals surface area contributed by atoms with E-state index in [1.54, 1.807) is 66.7 Å². The average Bonchev–Trinajstić information content (AvgIpc) is 3.75. The van der Waals surface area contributed by atoms with Gasteiger partial charge in [-0.15, -0.1) is 0 Å². The van der Waals surface area contributed by atoms with Crippen LogP contribution in [0.1, 0.15) is 131 Å². The number of aromatic amines is 1. The number of carbonyl (C=O) groups excluding carboxylic acids is 4. The highest BCUT2D eigenvalue weighted by Gasteiger charge is 2.55. The first-order chi connectivity index (χ1) is 32.6. The molecule has 5 rings (SSSR count). The summed E-state index contributed by atoms with van der Waals surface area (Å²) in [5, 5.41) is 35.2. The standard InChI is InChI=1S/C50H81N5O15/c1-17-35-50(12,62)40(58)27(6)37(56)25(4)22-48(10,63-15)41(69-46-38(57)34(55(13)14)20-26(5)65-46)28(7)39(29(8)45(60)67-35)68-36-23-49(11,64-16)42(30(9)66-36)70-47(61)54-53-44(59)31-18-19-32-33(21-31)52-43(51-32)24(2)3/h18-19,21,24-30,34-36,38-42,46,57-58,62H,17,20,22-23H2,1-16H3,(H,51,52)(H,53,59)(H,54,61)/t25-,26-,27+,28+,29-,30+,34+,35-,36+,38-,39+,40-,41-,42+,46+,48-,49-,50-/m1/s1. The fraction of sp³-hybridized carbons (Fsp3) is 0.780. The number of hydrogen-bond acceptors (Lipinski definition) is 17. The molecule has 3 fully saturated rings. The Morgan fingerprint density at radius 1 is 0.929 bits per heavy atom. The van der Waals surface area contributed by atoms with Crippen molar-refractivity contribution >= 4 is 34.8 Å². The summed E-state index contributed by atoms with van der Waals surface area (Å²) < 4.78 is 50.8. The number of imidazole rings is 1. The molecule has 6 N–H and O–H groups in total. The number of benzene rings is 1. The van der Waals surface area contributed by atoms with Crippen LogP contribution in [0.15, 0.2) is 18.2 Å². The molecule has 1 aromatic carbocycles. The van der Waals surface area contributed by atoms with E-state index >= 15 is 0 Å². The van der Waals surface area contributed by atoms with E-state index in [0.717, 1.165) is 5.82 Å². The van der Waals surface area contributed by atoms with Crippen LogP contribution in [0, 0.1) is 23.7 Å². The summed E-state index contributed by atoms with van der Waals surface area (Å²) in [5.74, 6) is -4.57. The lowest BCUT2D eigenvalue weighted by molar-refractivity contribution is -0.319. The zero-order chi connectivity index (χ0) is 52.4. The highest BCUT2D eigenvalue weighted by atomic mass is 16.7. The molecule has 20 heteroatoms. The van der Waals surface area contributed by atoms with Crippen LogP contribution in [0.3, 0.4) is 0 Å². The zero-order valence-corrected chi connectivity index (χ0v) is 43.9. The number of esters is 1. The number of cyclic esters (lactones) is 1. The SMILES string of the molecule is CC[C@H]1OC(=O)[C@H](C)[C@@H](O[C@H]2C[C@@](C)(OC)[C@@H](OC(=O)NNC(=O)c3ccc4nc(C(C)C)[nH]c4c3)[C@H](C)O2)[C@H](C)[C@@H](O[C@@H]2O[C@H](C)C[C@H](N(C)C)[C@H]2O)[C@](C)(OC)C[C@@H](C)C(=O)[C@H](C)[C@@H](O)[C@]1(C)O. The maximum Gasteiger partial charge on any atom is 0.426 e. The smallest absolute Gasteiger partial charge is 0.426 e. The number of fused-ring (bicyclic) bond motifs is 1. The van der Waals surface area contributed by atoms with Gasteiger partial charge in [0.05, 0.1) is 53.1 Å². The van der Waals surface area contributed by atoms with E-state index in [1.165, 1.54) is 28.1 Å². The number of aromatic nitrogens is 2. The lowest BCUT2D eigenvalue weighted by Crippen LogP contribution is -2.62. The van der Waals surface area contributed by atoms with E-state index in [0.29, 0.717) is 17.5 Å². The quantitative estimate of drug-likeness (QED) is 0.134. The third-order valence-corrected chi connectivity index (χ3v) is 15.0. The Bertz CT molecular complexity index is 2120. The maximum absolute atomic E-state index is 14.5. The van der Waals surface area contributed by atoms with E-state index in [4.69, 9.17) is 37.9 Å². The van der Waals surface area contributed by atoms with Crippen LogP contribution >= 0.6 is 0 Å². The van der Waals surface area contributed by atoms with Crippen molar-refractivity contribution < 1.29 is 72.4 Å². The lowest BCUT2D eigenvalue weighted by Gasteiger charge is -2.50. The molecule has 1 aromatic heterocycles. The molecular formula is C50H81N5O15. The summed E-state index contributed by atoms with van der Waals surface area (Å²) >= 11 is 0. The highest BCUT2D eigenvalue weighted by Crippen LogP contribution is 2.42. The number of rotatable bonds is 11. The Balaban J connectivity index is 1.46. The fourth-order valence-corrected chi connectivity index (χ4v) is 10.6. The first-order valence-electron chi connectivity index (χ1n) is 24.6. The summed E-state index contributed by atoms with van der Waals surface area (Å²) in [4.78, 5) is 64.8. The summed E-state index contributed by atoms with van der Waals surface area (Å²) in [6, 6.07) is 4.60. The predicted molar refractivity (Wildman–Crippen MR) is 256 cm³/mol. The molecule has 3 saturated heterocycles. The minimum Gasteiger partial charge on any atom is -0.459 e. The van der Waals surface area contributed by atoms with Gasteiger partial charge in [-0.3, -0.25) is 19.8 Å². The lowest BCUT2D eigenvalue weighted by atomic mass is 9.74. The summed E-state index contributed by atoms with van der Waals surface area (Å²) in [6.07, 6.45) is -11.1. The van der Waals surface area contributed by atoms with Crippen LogP contribution in [-0.4, -0.2) is 167 Å². The molecule has 0 bridgehead atoms. The minimum atomic E-state index is -2.03. The number of aliphatic hydroxyl groups is 3. The molecule has 4 heterocycles. The van der Waals surface area contributed by atoms with Crippen molar-refractivity contribution in [3.8, 4) is 0 Å². The van der Waals surface area contributed by atoms with E-state index in [2.05, 4.69) is 20.8 Å². The molecule has 0 unspecified atom stereocenters. The normalized spacial score (nSPS) is 39.4. The molecule has 0 spiro atoms. The second kappa shape index (κ2) is 22.9. The van der Waals surface area contributed by atoms with E-state index < -0.39 is 114 Å². The largest absolute Gasteiger partial charge is 0.459 e. The third kappa shape index (κ3) is 12.3. The molecule has 396 valence electrons. The van der Waals surface area contributed by atoms with E-state index in [1.807, 2.05) is 39.8 Å². The number of amides is 2. The number of carbonyl (C=O) groups is 4. The molecule has 0 radical (unpaired) electrons. The van der Waals surface area contributed by atoms with Gasteiger partial charge in [0.2, 0.25) is 0 Å². The van der Waals surface area contributed by atoms with Gasteiger partial charge in [-0.2, -0.15) is 0 Å². The minimum absolute atomic E-state index is 0.0346. The van der Waals surface area contributed by atoms with Gasteiger partial charge in [0.1, 0.15) is 35.0 Å². The number of nitrogens with one attached hydrogen (secondary N) is 3. The van der Waals surface area contributed by atoms with Gasteiger partial charge in [-0.25, -0.2) is 15.2 Å². The number of H-pyrrole nitrogens is 1. The van der Waals surface area contributed by atoms with Crippen LogP contribution in [0.5, 0.6) is 0 Å². The Hall–Kier alpha value is -3.83. The van der Waals surface area contributed by atoms with Crippen LogP contribution in [0.2, 0.25) is 0 Å². The van der Waals surface area contributed by atoms with Gasteiger partial charge < -0.3 is 63.1 Å². The third-order valence-electron chi connectivity index (χ3n) is 15.0. The molecule has 2 aromatic rings. The van der Waals surface area contributed by atoms with Crippen molar-refractivity contribution in [3.63, 3.8) is 0 Å². The van der Waals surface area contributed by atoms with Crippen molar-refractivity contribution in [3.05, 3.63) is 29.6 Å². The van der Waals surface area contributed by atoms with Gasteiger partial charge >= 0.3 is 12.1 Å². The van der Waals surface area contributed by atoms with Crippen molar-refractivity contribution in [1.82, 2.24) is 25.7 Å². The Morgan fingerprint density at radius 3 is 2.17 bits per heavy atom. The topological polar surface area (TPSA) is 259 Å². The number of Topliss-reactive ketones (excluding diaryl/α,β-unsaturated/α-hetero) is 1. The number of ketones is 1. The van der Waals surface area contributed by atoms with Gasteiger partial charge in [0.25, 0.3) is 5.91 Å². The van der Waals surface area contributed by atoms with E-state index in [9.17, 15) is 34.5 Å². The van der Waals surface area contributed by atoms with Crippen molar-refractivity contribution in [2.24, 2.45) is 23.7 Å². The number of hydrogen-bond donors (Lipinski definition) is 6. The monoisotopic (exact) mass is 992 g/mol. The van der Waals surface area contributed by atoms with Crippen molar-refractivity contribution in [2.75, 3.05) is 28.3 Å². The molecule has 0 saturated carbocycles. The first-order valence-corrected chi connectivity index (χ1v) is 24.6. The number of methoxy groups -OCH3 is 2. The fourth-order valence-electron chi connectivity index (χ4n) is 10.6. The number of hydrazine groups is 1. The van der Waals surface area contributed by atoms with Gasteiger partial charge in [0.15, 0.2) is 18.7 Å². The van der Waals surface area contributed by atoms with Crippen molar-refractivity contribution in [1.29, 1.82) is 0 Å². The zero-order valence-electron chi connectivity index (χ0n) is 43.9. The highest BCUT2D eigenvalue weighted by molar-refractivity contribution is 5.98. The van der Waals surface area contributed by atoms with Gasteiger partial charge in [-0.05, 0) is 93.1 Å². The molecule has 20 nitrogen and oxygen atoms in total. The second-order valence-electron chi connectivity index (χ2n) is 21.1. The summed E-state index contributed by atoms with van der Waals surface area (Å²) in [7, 11) is 6.65. The number of ether oxygens (including phenoxy) is 8. The molecule has 70 heavy (non-hydrogen) atoms. The summed E-state index contributed by atoms with van der Waals surface area (Å²) in [6.45, 7) is 20.8. The van der Waals surface area contributed by atoms with Crippen LogP contribution in [-0.2, 0) is 47.5 Å². The van der Waals surface area contributed by atoms with Crippen LogP contribution < -0.4 is 10.9 Å². The number of likely N-dealkylation sites (N-methyl/N-ethyl adjacent to an activating group) is 1. The van der Waals surface area contributed by atoms with Gasteiger partial charge in [0, 0.05) is 55.9 Å². The molecule has 2 amide bonds. The van der Waals surface area contributed by atoms with Gasteiger partial charge in [-0.1, -0.05) is 41.5 Å². The molecule has 0 aliphatic carbocycles. The Morgan fingerprint density at radius 2 is 1.57 bits per heavy atom. The molecule has 3 aliphatic heterocycles. The van der Waals surface area contributed by atoms with Crippen LogP contribution in [0.4, 0.5) is 4.79 Å².